The predicted molar refractivity (Wildman–Crippen MR) is 132 cm³/mol. The van der Waals surface area contributed by atoms with Crippen molar-refractivity contribution in [2.24, 2.45) is 0 Å². The van der Waals surface area contributed by atoms with Gasteiger partial charge in [-0.05, 0) is 74.0 Å². The van der Waals surface area contributed by atoms with Crippen molar-refractivity contribution in [2.75, 3.05) is 13.2 Å². The van der Waals surface area contributed by atoms with Crippen molar-refractivity contribution < 1.29 is 28.6 Å². The van der Waals surface area contributed by atoms with Crippen molar-refractivity contribution in [1.82, 2.24) is 4.90 Å². The number of ether oxygens (including phenoxy) is 3. The second kappa shape index (κ2) is 11.6. The maximum absolute atomic E-state index is 12.7. The van der Waals surface area contributed by atoms with Crippen LogP contribution in [0.2, 0.25) is 10.0 Å². The molecule has 180 valence electrons. The number of carbonyl (C=O) groups excluding carboxylic acids is 3. The zero-order valence-electron chi connectivity index (χ0n) is 18.8. The zero-order chi connectivity index (χ0) is 24.8. The Labute approximate surface area is 211 Å². The number of hydrogen-bond acceptors (Lipinski definition) is 7. The third kappa shape index (κ3) is 6.68. The van der Waals surface area contributed by atoms with Gasteiger partial charge in [-0.25, -0.2) is 0 Å². The molecular weight excluding hydrogens is 501 g/mol. The van der Waals surface area contributed by atoms with Crippen LogP contribution in [0.5, 0.6) is 11.5 Å². The lowest BCUT2D eigenvalue weighted by atomic mass is 10.1. The third-order valence-electron chi connectivity index (χ3n) is 4.45. The summed E-state index contributed by atoms with van der Waals surface area (Å²) in [6, 6.07) is 10.5. The normalized spacial score (nSPS) is 14.8. The SMILES string of the molecule is CCOc1cc(/C=C2\SC(=O)N(CC(=O)OC(C)C)C2=O)cc(Cl)c1OCc1ccc(Cl)cc1. The van der Waals surface area contributed by atoms with E-state index in [0.717, 1.165) is 22.2 Å². The van der Waals surface area contributed by atoms with Crippen molar-refractivity contribution in [3.8, 4) is 11.5 Å². The molecule has 0 atom stereocenters. The lowest BCUT2D eigenvalue weighted by Gasteiger charge is -2.15. The number of halogens is 2. The molecule has 2 aromatic rings. The van der Waals surface area contributed by atoms with Crippen LogP contribution >= 0.6 is 35.0 Å². The lowest BCUT2D eigenvalue weighted by Crippen LogP contribution is -2.35. The molecule has 10 heteroatoms. The van der Waals surface area contributed by atoms with Crippen LogP contribution in [0.4, 0.5) is 4.79 Å². The molecule has 1 fully saturated rings. The molecule has 0 saturated carbocycles. The van der Waals surface area contributed by atoms with E-state index >= 15 is 0 Å². The topological polar surface area (TPSA) is 82.1 Å². The summed E-state index contributed by atoms with van der Waals surface area (Å²) >= 11 is 13.1. The highest BCUT2D eigenvalue weighted by molar-refractivity contribution is 8.18. The van der Waals surface area contributed by atoms with Crippen molar-refractivity contribution in [3.05, 3.63) is 62.5 Å². The highest BCUT2D eigenvalue weighted by Gasteiger charge is 2.36. The standard InChI is InChI=1S/C24H23Cl2NO6S/c1-4-31-19-10-16(9-18(26)22(19)32-13-15-5-7-17(25)8-6-15)11-20-23(29)27(24(30)34-20)12-21(28)33-14(2)3/h5-11,14H,4,12-13H2,1-3H3/b20-11-. The van der Waals surface area contributed by atoms with Crippen LogP contribution in [0.3, 0.4) is 0 Å². The van der Waals surface area contributed by atoms with Gasteiger partial charge in [-0.2, -0.15) is 0 Å². The number of carbonyl (C=O) groups is 3. The first-order chi connectivity index (χ1) is 16.2. The minimum absolute atomic E-state index is 0.163. The monoisotopic (exact) mass is 523 g/mol. The summed E-state index contributed by atoms with van der Waals surface area (Å²) in [5, 5.41) is 0.365. The van der Waals surface area contributed by atoms with E-state index in [1.165, 1.54) is 6.08 Å². The molecule has 7 nitrogen and oxygen atoms in total. The molecule has 1 saturated heterocycles. The molecule has 0 N–H and O–H groups in total. The number of thioether (sulfide) groups is 1. The molecule has 0 radical (unpaired) electrons. The Morgan fingerprint density at radius 3 is 2.47 bits per heavy atom. The van der Waals surface area contributed by atoms with E-state index in [0.29, 0.717) is 28.7 Å². The van der Waals surface area contributed by atoms with Gasteiger partial charge in [-0.1, -0.05) is 35.3 Å². The highest BCUT2D eigenvalue weighted by atomic mass is 35.5. The number of esters is 1. The number of amides is 2. The molecule has 34 heavy (non-hydrogen) atoms. The van der Waals surface area contributed by atoms with E-state index < -0.39 is 23.7 Å². The average Bonchev–Trinajstić information content (AvgIpc) is 3.01. The highest BCUT2D eigenvalue weighted by Crippen LogP contribution is 2.39. The fourth-order valence-corrected chi connectivity index (χ4v) is 4.27. The fourth-order valence-electron chi connectivity index (χ4n) is 3.03. The number of rotatable bonds is 9. The Bertz CT molecular complexity index is 1120. The Hall–Kier alpha value is -2.68. The van der Waals surface area contributed by atoms with Gasteiger partial charge in [-0.3, -0.25) is 19.3 Å². The molecule has 0 spiro atoms. The number of benzene rings is 2. The molecule has 0 bridgehead atoms. The van der Waals surface area contributed by atoms with Crippen LogP contribution in [0.1, 0.15) is 31.9 Å². The van der Waals surface area contributed by atoms with E-state index in [1.54, 1.807) is 38.1 Å². The maximum atomic E-state index is 12.7. The van der Waals surface area contributed by atoms with Gasteiger partial charge in [0.05, 0.1) is 22.6 Å². The molecule has 1 aliphatic rings. The van der Waals surface area contributed by atoms with Crippen LogP contribution in [-0.4, -0.2) is 41.3 Å². The molecule has 2 aromatic carbocycles. The second-order valence-corrected chi connectivity index (χ2v) is 9.32. The Morgan fingerprint density at radius 1 is 1.12 bits per heavy atom. The number of nitrogens with zero attached hydrogens (tertiary/aromatic N) is 1. The predicted octanol–water partition coefficient (Wildman–Crippen LogP) is 5.96. The van der Waals surface area contributed by atoms with Crippen LogP contribution in [-0.2, 0) is 20.9 Å². The Balaban J connectivity index is 1.80. The molecule has 0 aliphatic carbocycles. The van der Waals surface area contributed by atoms with Gasteiger partial charge >= 0.3 is 5.97 Å². The smallest absolute Gasteiger partial charge is 0.326 e. The zero-order valence-corrected chi connectivity index (χ0v) is 21.1. The Morgan fingerprint density at radius 2 is 1.82 bits per heavy atom. The van der Waals surface area contributed by atoms with E-state index in [2.05, 4.69) is 0 Å². The van der Waals surface area contributed by atoms with Crippen molar-refractivity contribution >= 4 is 58.2 Å². The van der Waals surface area contributed by atoms with E-state index in [1.807, 2.05) is 19.1 Å². The second-order valence-electron chi connectivity index (χ2n) is 7.48. The summed E-state index contributed by atoms with van der Waals surface area (Å²) in [6.07, 6.45) is 1.18. The molecule has 1 aliphatic heterocycles. The largest absolute Gasteiger partial charge is 0.490 e. The van der Waals surface area contributed by atoms with Crippen LogP contribution in [0.15, 0.2) is 41.3 Å². The van der Waals surface area contributed by atoms with Crippen molar-refractivity contribution in [1.29, 1.82) is 0 Å². The summed E-state index contributed by atoms with van der Waals surface area (Å²) < 4.78 is 16.6. The van der Waals surface area contributed by atoms with E-state index in [-0.39, 0.29) is 22.6 Å². The minimum Gasteiger partial charge on any atom is -0.490 e. The first-order valence-corrected chi connectivity index (χ1v) is 12.0. The molecular formula is C24H23Cl2NO6S. The van der Waals surface area contributed by atoms with Gasteiger partial charge in [-0.15, -0.1) is 0 Å². The molecule has 3 rings (SSSR count). The fraction of sp³-hybridized carbons (Fsp3) is 0.292. The van der Waals surface area contributed by atoms with Gasteiger partial charge in [0.15, 0.2) is 11.5 Å². The quantitative estimate of drug-likeness (QED) is 0.296. The Kier molecular flexibility index (Phi) is 8.88. The minimum atomic E-state index is -0.651. The van der Waals surface area contributed by atoms with Gasteiger partial charge in [0.1, 0.15) is 13.2 Å². The first-order valence-electron chi connectivity index (χ1n) is 10.5. The van der Waals surface area contributed by atoms with Gasteiger partial charge < -0.3 is 14.2 Å². The van der Waals surface area contributed by atoms with Crippen molar-refractivity contribution in [3.63, 3.8) is 0 Å². The number of imide groups is 1. The molecule has 0 unspecified atom stereocenters. The first kappa shape index (κ1) is 25.9. The van der Waals surface area contributed by atoms with E-state index in [4.69, 9.17) is 37.4 Å². The van der Waals surface area contributed by atoms with Crippen molar-refractivity contribution in [2.45, 2.75) is 33.5 Å². The maximum Gasteiger partial charge on any atom is 0.326 e. The van der Waals surface area contributed by atoms with Crippen LogP contribution in [0.25, 0.3) is 6.08 Å². The summed E-state index contributed by atoms with van der Waals surface area (Å²) in [4.78, 5) is 37.9. The molecule has 0 aromatic heterocycles. The van der Waals surface area contributed by atoms with E-state index in [9.17, 15) is 14.4 Å². The summed E-state index contributed by atoms with van der Waals surface area (Å²) in [5.74, 6) is -0.467. The summed E-state index contributed by atoms with van der Waals surface area (Å²) in [6.45, 7) is 5.38. The molecule has 2 amide bonds. The third-order valence-corrected chi connectivity index (χ3v) is 5.89. The van der Waals surface area contributed by atoms with Gasteiger partial charge in [0, 0.05) is 5.02 Å². The van der Waals surface area contributed by atoms with Gasteiger partial charge in [0.25, 0.3) is 11.1 Å². The average molecular weight is 524 g/mol. The summed E-state index contributed by atoms with van der Waals surface area (Å²) in [7, 11) is 0. The number of hydrogen-bond donors (Lipinski definition) is 0. The lowest BCUT2D eigenvalue weighted by molar-refractivity contribution is -0.149. The van der Waals surface area contributed by atoms with Crippen LogP contribution < -0.4 is 9.47 Å². The molecule has 1 heterocycles. The summed E-state index contributed by atoms with van der Waals surface area (Å²) in [5.41, 5.74) is 1.44. The van der Waals surface area contributed by atoms with Crippen LogP contribution in [0, 0.1) is 0 Å². The van der Waals surface area contributed by atoms with Gasteiger partial charge in [0.2, 0.25) is 0 Å².